The smallest absolute Gasteiger partial charge is 0.416 e. The van der Waals surface area contributed by atoms with Gasteiger partial charge in [0.1, 0.15) is 11.9 Å². The average molecular weight is 392 g/mol. The van der Waals surface area contributed by atoms with Crippen molar-refractivity contribution in [2.45, 2.75) is 13.0 Å². The highest BCUT2D eigenvalue weighted by Gasteiger charge is 2.35. The number of aryl methyl sites for hydroxylation is 1. The van der Waals surface area contributed by atoms with Crippen molar-refractivity contribution in [3.05, 3.63) is 53.8 Å². The molecule has 0 radical (unpaired) electrons. The van der Waals surface area contributed by atoms with E-state index in [0.717, 1.165) is 54.1 Å². The highest BCUT2D eigenvalue weighted by Crippen LogP contribution is 2.35. The number of likely N-dealkylation sites (N-methyl/N-ethyl adjacent to an activating group) is 1. The van der Waals surface area contributed by atoms with Crippen LogP contribution < -0.4 is 9.80 Å². The molecule has 1 aromatic carbocycles. The van der Waals surface area contributed by atoms with Crippen LogP contribution in [0, 0.1) is 6.92 Å². The van der Waals surface area contributed by atoms with Crippen LogP contribution in [0.25, 0.3) is 11.0 Å². The predicted octanol–water partition coefficient (Wildman–Crippen LogP) is 3.59. The van der Waals surface area contributed by atoms with E-state index in [1.807, 2.05) is 43.3 Å². The second kappa shape index (κ2) is 7.08. The molecule has 2 aliphatic rings. The Hall–Kier alpha value is -3.06. The summed E-state index contributed by atoms with van der Waals surface area (Å²) in [5.74, 6) is 1.40. The molecule has 2 fully saturated rings. The van der Waals surface area contributed by atoms with Gasteiger partial charge in [-0.25, -0.2) is 9.78 Å². The standard InChI is InChI=1S/C22H24N4O3/c1-15-5-3-4-6-17(15)18-14-26(22(27)29-18)19-13-16-7-12-28-20(16)21(23-19)25-10-8-24(2)9-11-25/h3-7,12-13,18H,8-11,14H2,1-2H3. The van der Waals surface area contributed by atoms with Gasteiger partial charge in [-0.2, -0.15) is 0 Å². The van der Waals surface area contributed by atoms with Gasteiger partial charge >= 0.3 is 6.09 Å². The number of pyridine rings is 1. The highest BCUT2D eigenvalue weighted by atomic mass is 16.6. The number of amides is 1. The molecule has 0 N–H and O–H groups in total. The summed E-state index contributed by atoms with van der Waals surface area (Å²) >= 11 is 0. The molecule has 150 valence electrons. The molecule has 0 spiro atoms. The first-order chi connectivity index (χ1) is 14.1. The molecule has 3 aromatic rings. The second-order valence-electron chi connectivity index (χ2n) is 7.77. The predicted molar refractivity (Wildman–Crippen MR) is 111 cm³/mol. The van der Waals surface area contributed by atoms with E-state index in [4.69, 9.17) is 14.1 Å². The lowest BCUT2D eigenvalue weighted by atomic mass is 10.0. The number of nitrogens with zero attached hydrogens (tertiary/aromatic N) is 4. The zero-order valence-electron chi connectivity index (χ0n) is 16.7. The van der Waals surface area contributed by atoms with E-state index in [-0.39, 0.29) is 12.2 Å². The molecule has 1 atom stereocenters. The minimum absolute atomic E-state index is 0.294. The van der Waals surface area contributed by atoms with Gasteiger partial charge in [0, 0.05) is 31.6 Å². The molecule has 0 saturated carbocycles. The number of ether oxygens (including phenoxy) is 1. The first-order valence-electron chi connectivity index (χ1n) is 9.95. The van der Waals surface area contributed by atoms with E-state index in [0.29, 0.717) is 12.4 Å². The second-order valence-corrected chi connectivity index (χ2v) is 7.77. The minimum Gasteiger partial charge on any atom is -0.460 e. The molecule has 2 aromatic heterocycles. The number of fused-ring (bicyclic) bond motifs is 1. The topological polar surface area (TPSA) is 62.1 Å². The molecular formula is C22H24N4O3. The fourth-order valence-electron chi connectivity index (χ4n) is 4.08. The number of hydrogen-bond donors (Lipinski definition) is 0. The van der Waals surface area contributed by atoms with Crippen LogP contribution in [-0.4, -0.2) is 55.7 Å². The van der Waals surface area contributed by atoms with Gasteiger partial charge in [-0.1, -0.05) is 24.3 Å². The molecule has 1 amide bonds. The lowest BCUT2D eigenvalue weighted by Gasteiger charge is -2.33. The quantitative estimate of drug-likeness (QED) is 0.679. The van der Waals surface area contributed by atoms with Crippen molar-refractivity contribution >= 4 is 28.7 Å². The Morgan fingerprint density at radius 1 is 1.10 bits per heavy atom. The maximum Gasteiger partial charge on any atom is 0.416 e. The Morgan fingerprint density at radius 2 is 1.90 bits per heavy atom. The van der Waals surface area contributed by atoms with Crippen molar-refractivity contribution in [2.24, 2.45) is 0 Å². The van der Waals surface area contributed by atoms with Gasteiger partial charge in [-0.3, -0.25) is 4.90 Å². The Morgan fingerprint density at radius 3 is 2.69 bits per heavy atom. The first kappa shape index (κ1) is 18.0. The Balaban J connectivity index is 1.49. The van der Waals surface area contributed by atoms with Crippen LogP contribution in [0.5, 0.6) is 0 Å². The van der Waals surface area contributed by atoms with Crippen LogP contribution in [0.1, 0.15) is 17.2 Å². The summed E-state index contributed by atoms with van der Waals surface area (Å²) in [5, 5.41) is 0.941. The maximum absolute atomic E-state index is 12.7. The highest BCUT2D eigenvalue weighted by molar-refractivity contribution is 5.95. The van der Waals surface area contributed by atoms with Gasteiger partial charge < -0.3 is 19.0 Å². The number of hydrogen-bond acceptors (Lipinski definition) is 6. The van der Waals surface area contributed by atoms with Crippen molar-refractivity contribution in [1.29, 1.82) is 0 Å². The third-order valence-corrected chi connectivity index (χ3v) is 5.83. The number of anilines is 2. The summed E-state index contributed by atoms with van der Waals surface area (Å²) in [4.78, 5) is 23.7. The van der Waals surface area contributed by atoms with Crippen LogP contribution in [0.15, 0.2) is 47.1 Å². The van der Waals surface area contributed by atoms with E-state index in [2.05, 4.69) is 16.8 Å². The zero-order chi connectivity index (χ0) is 20.0. The fourth-order valence-corrected chi connectivity index (χ4v) is 4.08. The fraction of sp³-hybridized carbons (Fsp3) is 0.364. The van der Waals surface area contributed by atoms with Gasteiger partial charge in [0.15, 0.2) is 11.4 Å². The van der Waals surface area contributed by atoms with Crippen LogP contribution in [0.4, 0.5) is 16.4 Å². The molecule has 0 bridgehead atoms. The van der Waals surface area contributed by atoms with Gasteiger partial charge in [0.25, 0.3) is 0 Å². The molecule has 7 heteroatoms. The van der Waals surface area contributed by atoms with E-state index < -0.39 is 0 Å². The van der Waals surface area contributed by atoms with E-state index in [9.17, 15) is 4.79 Å². The maximum atomic E-state index is 12.7. The Bertz CT molecular complexity index is 1060. The third-order valence-electron chi connectivity index (χ3n) is 5.83. The van der Waals surface area contributed by atoms with Crippen molar-refractivity contribution in [1.82, 2.24) is 9.88 Å². The summed E-state index contributed by atoms with van der Waals surface area (Å²) in [7, 11) is 2.12. The lowest BCUT2D eigenvalue weighted by molar-refractivity contribution is 0.142. The summed E-state index contributed by atoms with van der Waals surface area (Å²) < 4.78 is 11.4. The van der Waals surface area contributed by atoms with Crippen LogP contribution >= 0.6 is 0 Å². The van der Waals surface area contributed by atoms with Crippen molar-refractivity contribution < 1.29 is 13.9 Å². The largest absolute Gasteiger partial charge is 0.460 e. The van der Waals surface area contributed by atoms with E-state index in [1.54, 1.807) is 11.2 Å². The molecule has 1 unspecified atom stereocenters. The average Bonchev–Trinajstić information content (AvgIpc) is 3.34. The van der Waals surface area contributed by atoms with Crippen LogP contribution in [0.2, 0.25) is 0 Å². The summed E-state index contributed by atoms with van der Waals surface area (Å²) in [6.07, 6.45) is 1.02. The van der Waals surface area contributed by atoms with Gasteiger partial charge in [0.2, 0.25) is 0 Å². The molecule has 0 aliphatic carbocycles. The molecule has 2 saturated heterocycles. The number of benzene rings is 1. The van der Waals surface area contributed by atoms with E-state index >= 15 is 0 Å². The number of aromatic nitrogens is 1. The number of rotatable bonds is 3. The van der Waals surface area contributed by atoms with Crippen molar-refractivity contribution in [3.8, 4) is 0 Å². The number of carbonyl (C=O) groups is 1. The number of carbonyl (C=O) groups excluding carboxylic acids is 1. The van der Waals surface area contributed by atoms with E-state index in [1.165, 1.54) is 0 Å². The summed E-state index contributed by atoms with van der Waals surface area (Å²) in [6.45, 7) is 6.16. The van der Waals surface area contributed by atoms with Gasteiger partial charge in [-0.15, -0.1) is 0 Å². The zero-order valence-corrected chi connectivity index (χ0v) is 16.7. The Kier molecular flexibility index (Phi) is 4.39. The third kappa shape index (κ3) is 3.21. The SMILES string of the molecule is Cc1ccccc1C1CN(c2cc3ccoc3c(N3CCN(C)CC3)n2)C(=O)O1. The molecular weight excluding hydrogens is 368 g/mol. The summed E-state index contributed by atoms with van der Waals surface area (Å²) in [5.41, 5.74) is 2.91. The Labute approximate surface area is 169 Å². The van der Waals surface area contributed by atoms with Crippen molar-refractivity contribution in [2.75, 3.05) is 49.6 Å². The molecule has 2 aliphatic heterocycles. The monoisotopic (exact) mass is 392 g/mol. The van der Waals surface area contributed by atoms with Gasteiger partial charge in [-0.05, 0) is 37.2 Å². The number of furan rings is 1. The molecule has 29 heavy (non-hydrogen) atoms. The summed E-state index contributed by atoms with van der Waals surface area (Å²) in [6, 6.07) is 11.8. The van der Waals surface area contributed by atoms with Gasteiger partial charge in [0.05, 0.1) is 12.8 Å². The first-order valence-corrected chi connectivity index (χ1v) is 9.95. The minimum atomic E-state index is -0.363. The van der Waals surface area contributed by atoms with Crippen molar-refractivity contribution in [3.63, 3.8) is 0 Å². The van der Waals surface area contributed by atoms with Crippen LogP contribution in [0.3, 0.4) is 0 Å². The number of cyclic esters (lactones) is 1. The molecule has 5 rings (SSSR count). The number of piperazine rings is 1. The normalized spacial score (nSPS) is 20.5. The molecule has 4 heterocycles. The molecule has 7 nitrogen and oxygen atoms in total. The van der Waals surface area contributed by atoms with Crippen LogP contribution in [-0.2, 0) is 4.74 Å². The lowest BCUT2D eigenvalue weighted by Crippen LogP contribution is -2.45.